The molecule has 3 aromatic carbocycles. The molecule has 142 valence electrons. The van der Waals surface area contributed by atoms with Gasteiger partial charge in [-0.3, -0.25) is 4.79 Å². The molecule has 5 heteroatoms. The van der Waals surface area contributed by atoms with Gasteiger partial charge in [-0.25, -0.2) is 4.79 Å². The van der Waals surface area contributed by atoms with Gasteiger partial charge in [0.25, 0.3) is 5.91 Å². The van der Waals surface area contributed by atoms with Crippen LogP contribution >= 0.6 is 15.9 Å². The number of carbonyl (C=O) groups excluding carboxylic acids is 2. The highest BCUT2D eigenvalue weighted by Crippen LogP contribution is 2.27. The average molecular weight is 438 g/mol. The second-order valence-corrected chi connectivity index (χ2v) is 7.21. The molecule has 0 unspecified atom stereocenters. The van der Waals surface area contributed by atoms with E-state index in [-0.39, 0.29) is 5.91 Å². The molecular weight excluding hydrogens is 418 g/mol. The molecular formula is C23H20BrNO3. The molecule has 0 heterocycles. The van der Waals surface area contributed by atoms with Crippen LogP contribution in [0.5, 0.6) is 0 Å². The molecule has 28 heavy (non-hydrogen) atoms. The minimum atomic E-state index is -0.771. The van der Waals surface area contributed by atoms with Crippen molar-refractivity contribution in [2.75, 3.05) is 7.11 Å². The number of methoxy groups -OCH3 is 1. The van der Waals surface area contributed by atoms with Crippen molar-refractivity contribution in [1.82, 2.24) is 5.32 Å². The van der Waals surface area contributed by atoms with Crippen LogP contribution in [-0.2, 0) is 16.0 Å². The molecule has 0 aliphatic heterocycles. The van der Waals surface area contributed by atoms with Gasteiger partial charge in [0.15, 0.2) is 0 Å². The Morgan fingerprint density at radius 3 is 2.25 bits per heavy atom. The first kappa shape index (κ1) is 19.8. The Labute approximate surface area is 172 Å². The molecule has 1 amide bonds. The van der Waals surface area contributed by atoms with Crippen LogP contribution in [0.2, 0.25) is 0 Å². The number of amides is 1. The van der Waals surface area contributed by atoms with Crippen molar-refractivity contribution in [3.05, 3.63) is 94.5 Å². The number of halogens is 1. The predicted octanol–water partition coefficient (Wildman–Crippen LogP) is 4.63. The summed E-state index contributed by atoms with van der Waals surface area (Å²) < 4.78 is 5.77. The fourth-order valence-electron chi connectivity index (χ4n) is 2.99. The fourth-order valence-corrected chi connectivity index (χ4v) is 3.35. The van der Waals surface area contributed by atoms with E-state index >= 15 is 0 Å². The van der Waals surface area contributed by atoms with Crippen LogP contribution in [0.4, 0.5) is 0 Å². The average Bonchev–Trinajstić information content (AvgIpc) is 2.74. The van der Waals surface area contributed by atoms with E-state index in [0.29, 0.717) is 12.0 Å². The Kier molecular flexibility index (Phi) is 6.61. The Morgan fingerprint density at radius 1 is 0.964 bits per heavy atom. The van der Waals surface area contributed by atoms with Gasteiger partial charge in [-0.15, -0.1) is 0 Å². The lowest BCUT2D eigenvalue weighted by molar-refractivity contribution is -0.142. The van der Waals surface area contributed by atoms with E-state index in [2.05, 4.69) is 21.2 Å². The van der Waals surface area contributed by atoms with Gasteiger partial charge in [0.1, 0.15) is 6.04 Å². The zero-order valence-electron chi connectivity index (χ0n) is 15.4. The fraction of sp³-hybridized carbons (Fsp3) is 0.130. The molecule has 0 bridgehead atoms. The number of ether oxygens (including phenoxy) is 1. The molecule has 0 radical (unpaired) electrons. The van der Waals surface area contributed by atoms with Gasteiger partial charge in [0.2, 0.25) is 0 Å². The van der Waals surface area contributed by atoms with Crippen LogP contribution in [-0.4, -0.2) is 25.0 Å². The zero-order chi connectivity index (χ0) is 19.9. The molecule has 0 saturated carbocycles. The van der Waals surface area contributed by atoms with Gasteiger partial charge >= 0.3 is 5.97 Å². The second kappa shape index (κ2) is 9.33. The Balaban J connectivity index is 1.89. The van der Waals surface area contributed by atoms with E-state index in [9.17, 15) is 9.59 Å². The quantitative estimate of drug-likeness (QED) is 0.571. The summed E-state index contributed by atoms with van der Waals surface area (Å²) in [6.45, 7) is 0. The van der Waals surface area contributed by atoms with Crippen LogP contribution in [0.15, 0.2) is 83.3 Å². The van der Waals surface area contributed by atoms with Crippen molar-refractivity contribution in [2.45, 2.75) is 12.5 Å². The Morgan fingerprint density at radius 2 is 1.61 bits per heavy atom. The molecule has 0 aliphatic rings. The molecule has 0 fully saturated rings. The first-order chi connectivity index (χ1) is 13.6. The third-order valence-electron chi connectivity index (χ3n) is 4.38. The smallest absolute Gasteiger partial charge is 0.328 e. The summed E-state index contributed by atoms with van der Waals surface area (Å²) in [7, 11) is 1.32. The first-order valence-corrected chi connectivity index (χ1v) is 9.65. The maximum atomic E-state index is 13.0. The Bertz CT molecular complexity index is 958. The maximum Gasteiger partial charge on any atom is 0.328 e. The van der Waals surface area contributed by atoms with E-state index in [0.717, 1.165) is 21.2 Å². The van der Waals surface area contributed by atoms with Crippen LogP contribution in [0, 0.1) is 0 Å². The molecule has 0 aliphatic carbocycles. The highest BCUT2D eigenvalue weighted by atomic mass is 79.9. The van der Waals surface area contributed by atoms with Gasteiger partial charge in [-0.2, -0.15) is 0 Å². The lowest BCUT2D eigenvalue weighted by atomic mass is 9.98. The van der Waals surface area contributed by atoms with Gasteiger partial charge in [0.05, 0.1) is 7.11 Å². The van der Waals surface area contributed by atoms with Gasteiger partial charge in [-0.05, 0) is 34.9 Å². The number of nitrogens with one attached hydrogen (secondary N) is 1. The number of benzene rings is 3. The SMILES string of the molecule is COC(=O)[C@@H](Cc1ccccc1)NC(=O)c1ccc(Br)cc1-c1ccccc1. The summed E-state index contributed by atoms with van der Waals surface area (Å²) in [4.78, 5) is 25.3. The minimum absolute atomic E-state index is 0.322. The van der Waals surface area contributed by atoms with Gasteiger partial charge < -0.3 is 10.1 Å². The number of carbonyl (C=O) groups is 2. The van der Waals surface area contributed by atoms with Crippen molar-refractivity contribution < 1.29 is 14.3 Å². The van der Waals surface area contributed by atoms with Crippen LogP contribution in [0.25, 0.3) is 11.1 Å². The zero-order valence-corrected chi connectivity index (χ0v) is 17.0. The third kappa shape index (κ3) is 4.87. The van der Waals surface area contributed by atoms with E-state index in [4.69, 9.17) is 4.74 Å². The number of rotatable bonds is 6. The third-order valence-corrected chi connectivity index (χ3v) is 4.88. The highest BCUT2D eigenvalue weighted by Gasteiger charge is 2.24. The van der Waals surface area contributed by atoms with Gasteiger partial charge in [0, 0.05) is 16.5 Å². The lowest BCUT2D eigenvalue weighted by Gasteiger charge is -2.18. The van der Waals surface area contributed by atoms with Gasteiger partial charge in [-0.1, -0.05) is 76.6 Å². The second-order valence-electron chi connectivity index (χ2n) is 6.29. The summed E-state index contributed by atoms with van der Waals surface area (Å²) in [6, 6.07) is 23.9. The van der Waals surface area contributed by atoms with Crippen molar-refractivity contribution in [3.8, 4) is 11.1 Å². The normalized spacial score (nSPS) is 11.5. The molecule has 4 nitrogen and oxygen atoms in total. The number of hydrogen-bond donors (Lipinski definition) is 1. The van der Waals surface area contributed by atoms with E-state index < -0.39 is 12.0 Å². The summed E-state index contributed by atoms with van der Waals surface area (Å²) in [5.41, 5.74) is 3.15. The van der Waals surface area contributed by atoms with E-state index in [1.165, 1.54) is 7.11 Å². The van der Waals surface area contributed by atoms with Crippen molar-refractivity contribution in [2.24, 2.45) is 0 Å². The highest BCUT2D eigenvalue weighted by molar-refractivity contribution is 9.10. The minimum Gasteiger partial charge on any atom is -0.467 e. The Hall–Kier alpha value is -2.92. The van der Waals surface area contributed by atoms with Crippen molar-refractivity contribution in [3.63, 3.8) is 0 Å². The summed E-state index contributed by atoms with van der Waals surface area (Å²) >= 11 is 3.47. The van der Waals surface area contributed by atoms with Crippen LogP contribution < -0.4 is 5.32 Å². The van der Waals surface area contributed by atoms with Crippen LogP contribution in [0.3, 0.4) is 0 Å². The summed E-state index contributed by atoms with van der Waals surface area (Å²) in [5.74, 6) is -0.798. The molecule has 0 spiro atoms. The molecule has 3 rings (SSSR count). The molecule has 0 aromatic heterocycles. The first-order valence-electron chi connectivity index (χ1n) is 8.86. The van der Waals surface area contributed by atoms with E-state index in [1.807, 2.05) is 72.8 Å². The van der Waals surface area contributed by atoms with Crippen LogP contribution in [0.1, 0.15) is 15.9 Å². The van der Waals surface area contributed by atoms with E-state index in [1.54, 1.807) is 6.07 Å². The maximum absolute atomic E-state index is 13.0. The molecule has 1 N–H and O–H groups in total. The predicted molar refractivity (Wildman–Crippen MR) is 113 cm³/mol. The molecule has 0 saturated heterocycles. The van der Waals surface area contributed by atoms with Crippen molar-refractivity contribution in [1.29, 1.82) is 0 Å². The number of hydrogen-bond acceptors (Lipinski definition) is 3. The number of esters is 1. The monoisotopic (exact) mass is 437 g/mol. The standard InChI is InChI=1S/C23H20BrNO3/c1-28-23(27)21(14-16-8-4-2-5-9-16)25-22(26)19-13-12-18(24)15-20(19)17-10-6-3-7-11-17/h2-13,15,21H,14H2,1H3,(H,25,26)/t21-/m1/s1. The summed E-state index contributed by atoms with van der Waals surface area (Å²) in [6.07, 6.45) is 0.358. The van der Waals surface area contributed by atoms with Crippen molar-refractivity contribution >= 4 is 27.8 Å². The molecule has 3 aromatic rings. The summed E-state index contributed by atoms with van der Waals surface area (Å²) in [5, 5.41) is 2.83. The molecule has 1 atom stereocenters. The lowest BCUT2D eigenvalue weighted by Crippen LogP contribution is -2.43. The topological polar surface area (TPSA) is 55.4 Å². The largest absolute Gasteiger partial charge is 0.467 e.